The molecule has 1 aromatic carbocycles. The number of hydrogen-bond donors (Lipinski definition) is 1. The van der Waals surface area contributed by atoms with E-state index < -0.39 is 5.60 Å². The highest BCUT2D eigenvalue weighted by Gasteiger charge is 2.30. The van der Waals surface area contributed by atoms with E-state index in [1.54, 1.807) is 0 Å². The largest absolute Gasteiger partial charge is 0.389 e. The highest BCUT2D eigenvalue weighted by atomic mass is 16.3. The van der Waals surface area contributed by atoms with Gasteiger partial charge in [0.05, 0.1) is 5.60 Å². The van der Waals surface area contributed by atoms with E-state index in [1.165, 1.54) is 29.7 Å². The molecule has 1 fully saturated rings. The lowest BCUT2D eigenvalue weighted by Gasteiger charge is -2.27. The summed E-state index contributed by atoms with van der Waals surface area (Å²) >= 11 is 0. The number of hydrogen-bond acceptors (Lipinski definition) is 2. The number of rotatable bonds is 4. The van der Waals surface area contributed by atoms with Crippen LogP contribution in [-0.4, -0.2) is 35.2 Å². The van der Waals surface area contributed by atoms with E-state index in [1.807, 2.05) is 0 Å². The molecule has 1 aromatic rings. The molecule has 1 atom stereocenters. The van der Waals surface area contributed by atoms with Crippen molar-refractivity contribution in [2.75, 3.05) is 19.6 Å². The first kappa shape index (κ1) is 15.5. The average Bonchev–Trinajstić information content (AvgIpc) is 2.57. The molecule has 0 radical (unpaired) electrons. The molecule has 112 valence electrons. The summed E-state index contributed by atoms with van der Waals surface area (Å²) in [5.41, 5.74) is 3.42. The molecule has 0 bridgehead atoms. The Morgan fingerprint density at radius 3 is 2.65 bits per heavy atom. The molecular weight excluding hydrogens is 246 g/mol. The predicted molar refractivity (Wildman–Crippen MR) is 85.2 cm³/mol. The minimum atomic E-state index is -0.510. The Bertz CT molecular complexity index is 443. The smallest absolute Gasteiger partial charge is 0.0700 e. The number of benzene rings is 1. The predicted octanol–water partition coefficient (Wildman–Crippen LogP) is 3.47. The molecule has 1 unspecified atom stereocenters. The first-order chi connectivity index (χ1) is 9.52. The second kappa shape index (κ2) is 6.73. The van der Waals surface area contributed by atoms with Crippen molar-refractivity contribution >= 4 is 0 Å². The lowest BCUT2D eigenvalue weighted by molar-refractivity contribution is 0.0257. The first-order valence-corrected chi connectivity index (χ1v) is 8.03. The Kier molecular flexibility index (Phi) is 5.22. The standard InChI is InChI=1S/C18H29NO/c1-4-10-19-11-5-8-18(20,9-12-19)14-17-7-6-15(2)16(3)13-17/h6-7,13,20H,4-5,8-12,14H2,1-3H3. The lowest BCUT2D eigenvalue weighted by Crippen LogP contribution is -2.33. The van der Waals surface area contributed by atoms with E-state index in [0.717, 1.165) is 38.8 Å². The number of likely N-dealkylation sites (tertiary alicyclic amines) is 1. The molecule has 1 heterocycles. The van der Waals surface area contributed by atoms with Crippen LogP contribution in [0.4, 0.5) is 0 Å². The number of aliphatic hydroxyl groups is 1. The minimum absolute atomic E-state index is 0.510. The zero-order valence-electron chi connectivity index (χ0n) is 13.3. The van der Waals surface area contributed by atoms with Crippen LogP contribution in [0.1, 0.15) is 49.3 Å². The lowest BCUT2D eigenvalue weighted by atomic mass is 9.87. The van der Waals surface area contributed by atoms with Gasteiger partial charge in [-0.1, -0.05) is 25.1 Å². The summed E-state index contributed by atoms with van der Waals surface area (Å²) in [6.07, 6.45) is 4.95. The Morgan fingerprint density at radius 2 is 1.95 bits per heavy atom. The van der Waals surface area contributed by atoms with Gasteiger partial charge in [-0.2, -0.15) is 0 Å². The monoisotopic (exact) mass is 275 g/mol. The topological polar surface area (TPSA) is 23.5 Å². The summed E-state index contributed by atoms with van der Waals surface area (Å²) < 4.78 is 0. The van der Waals surface area contributed by atoms with Crippen LogP contribution < -0.4 is 0 Å². The van der Waals surface area contributed by atoms with Crippen molar-refractivity contribution in [3.63, 3.8) is 0 Å². The zero-order chi connectivity index (χ0) is 14.6. The van der Waals surface area contributed by atoms with Gasteiger partial charge in [0.15, 0.2) is 0 Å². The van der Waals surface area contributed by atoms with E-state index >= 15 is 0 Å². The Labute approximate surface area is 123 Å². The Hall–Kier alpha value is -0.860. The maximum Gasteiger partial charge on any atom is 0.0700 e. The fraction of sp³-hybridized carbons (Fsp3) is 0.667. The molecule has 2 rings (SSSR count). The molecule has 1 saturated heterocycles. The van der Waals surface area contributed by atoms with Crippen molar-refractivity contribution in [2.45, 2.75) is 58.5 Å². The molecule has 20 heavy (non-hydrogen) atoms. The van der Waals surface area contributed by atoms with Gasteiger partial charge in [0.25, 0.3) is 0 Å². The molecule has 2 nitrogen and oxygen atoms in total. The fourth-order valence-electron chi connectivity index (χ4n) is 3.24. The molecular formula is C18H29NO. The zero-order valence-corrected chi connectivity index (χ0v) is 13.3. The van der Waals surface area contributed by atoms with Crippen LogP contribution in [-0.2, 0) is 6.42 Å². The van der Waals surface area contributed by atoms with Crippen molar-refractivity contribution < 1.29 is 5.11 Å². The molecule has 0 aromatic heterocycles. The van der Waals surface area contributed by atoms with Crippen LogP contribution >= 0.6 is 0 Å². The van der Waals surface area contributed by atoms with Gasteiger partial charge in [-0.15, -0.1) is 0 Å². The summed E-state index contributed by atoms with van der Waals surface area (Å²) in [4.78, 5) is 2.50. The summed E-state index contributed by atoms with van der Waals surface area (Å²) in [6.45, 7) is 9.87. The molecule has 0 aliphatic carbocycles. The normalized spacial score (nSPS) is 24.6. The van der Waals surface area contributed by atoms with Crippen molar-refractivity contribution in [3.05, 3.63) is 34.9 Å². The van der Waals surface area contributed by atoms with E-state index in [9.17, 15) is 5.11 Å². The van der Waals surface area contributed by atoms with Gasteiger partial charge in [-0.3, -0.25) is 0 Å². The van der Waals surface area contributed by atoms with Gasteiger partial charge in [0, 0.05) is 13.0 Å². The van der Waals surface area contributed by atoms with Gasteiger partial charge in [-0.05, 0) is 69.3 Å². The fourth-order valence-corrected chi connectivity index (χ4v) is 3.24. The van der Waals surface area contributed by atoms with Gasteiger partial charge < -0.3 is 10.0 Å². The van der Waals surface area contributed by atoms with Crippen LogP contribution in [0.2, 0.25) is 0 Å². The van der Waals surface area contributed by atoms with Crippen LogP contribution in [0.3, 0.4) is 0 Å². The van der Waals surface area contributed by atoms with E-state index in [-0.39, 0.29) is 0 Å². The maximum atomic E-state index is 10.9. The summed E-state index contributed by atoms with van der Waals surface area (Å²) in [7, 11) is 0. The van der Waals surface area contributed by atoms with Crippen molar-refractivity contribution in [1.82, 2.24) is 4.90 Å². The Morgan fingerprint density at radius 1 is 1.15 bits per heavy atom. The summed E-state index contributed by atoms with van der Waals surface area (Å²) in [6, 6.07) is 6.59. The van der Waals surface area contributed by atoms with Crippen LogP contribution in [0.25, 0.3) is 0 Å². The van der Waals surface area contributed by atoms with Crippen LogP contribution in [0.5, 0.6) is 0 Å². The SMILES string of the molecule is CCCN1CCCC(O)(Cc2ccc(C)c(C)c2)CC1. The van der Waals surface area contributed by atoms with Gasteiger partial charge in [0.2, 0.25) is 0 Å². The molecule has 2 heteroatoms. The summed E-state index contributed by atoms with van der Waals surface area (Å²) in [5, 5.41) is 10.9. The third-order valence-electron chi connectivity index (χ3n) is 4.65. The van der Waals surface area contributed by atoms with Crippen molar-refractivity contribution in [2.24, 2.45) is 0 Å². The van der Waals surface area contributed by atoms with E-state index in [2.05, 4.69) is 43.9 Å². The van der Waals surface area contributed by atoms with Crippen LogP contribution in [0.15, 0.2) is 18.2 Å². The second-order valence-electron chi connectivity index (χ2n) is 6.51. The van der Waals surface area contributed by atoms with Crippen molar-refractivity contribution in [1.29, 1.82) is 0 Å². The third-order valence-corrected chi connectivity index (χ3v) is 4.65. The number of nitrogens with zero attached hydrogens (tertiary/aromatic N) is 1. The van der Waals surface area contributed by atoms with E-state index in [0.29, 0.717) is 0 Å². The maximum absolute atomic E-state index is 10.9. The quantitative estimate of drug-likeness (QED) is 0.909. The number of aryl methyl sites for hydroxylation is 2. The molecule has 0 amide bonds. The second-order valence-corrected chi connectivity index (χ2v) is 6.51. The molecule has 0 saturated carbocycles. The van der Waals surface area contributed by atoms with Crippen LogP contribution in [0, 0.1) is 13.8 Å². The third kappa shape index (κ3) is 4.07. The highest BCUT2D eigenvalue weighted by Crippen LogP contribution is 2.27. The molecule has 1 aliphatic rings. The molecule has 1 aliphatic heterocycles. The van der Waals surface area contributed by atoms with Gasteiger partial charge >= 0.3 is 0 Å². The summed E-state index contributed by atoms with van der Waals surface area (Å²) in [5.74, 6) is 0. The Balaban J connectivity index is 2.01. The molecule has 1 N–H and O–H groups in total. The molecule has 0 spiro atoms. The minimum Gasteiger partial charge on any atom is -0.389 e. The average molecular weight is 275 g/mol. The van der Waals surface area contributed by atoms with Gasteiger partial charge in [-0.25, -0.2) is 0 Å². The highest BCUT2D eigenvalue weighted by molar-refractivity contribution is 5.30. The first-order valence-electron chi connectivity index (χ1n) is 8.03. The van der Waals surface area contributed by atoms with E-state index in [4.69, 9.17) is 0 Å². The van der Waals surface area contributed by atoms with Crippen molar-refractivity contribution in [3.8, 4) is 0 Å². The van der Waals surface area contributed by atoms with Gasteiger partial charge in [0.1, 0.15) is 0 Å².